The summed E-state index contributed by atoms with van der Waals surface area (Å²) in [4.78, 5) is 22.4. The summed E-state index contributed by atoms with van der Waals surface area (Å²) in [6, 6.07) is 4.32. The number of nitrogens with zero attached hydrogens (tertiary/aromatic N) is 1. The molecule has 1 amide bonds. The molecule has 1 fully saturated rings. The zero-order chi connectivity index (χ0) is 15.5. The van der Waals surface area contributed by atoms with Crippen LogP contribution in [-0.2, 0) is 0 Å². The van der Waals surface area contributed by atoms with Gasteiger partial charge in [-0.05, 0) is 25.0 Å². The molecule has 0 aromatic heterocycles. The number of amides is 1. The highest BCUT2D eigenvalue weighted by molar-refractivity contribution is 5.95. The van der Waals surface area contributed by atoms with Crippen LogP contribution in [0.25, 0.3) is 0 Å². The smallest absolute Gasteiger partial charge is 0.292 e. The Balaban J connectivity index is 2.38. The number of nitro groups is 1. The third-order valence-electron chi connectivity index (χ3n) is 4.03. The molecule has 0 radical (unpaired) electrons. The first kappa shape index (κ1) is 15.2. The molecular formula is C14H20N4O3. The molecule has 0 heterocycles. The van der Waals surface area contributed by atoms with E-state index in [0.717, 1.165) is 25.7 Å². The molecule has 0 saturated heterocycles. The van der Waals surface area contributed by atoms with Gasteiger partial charge in [-0.3, -0.25) is 14.9 Å². The molecule has 7 heteroatoms. The molecule has 1 aromatic carbocycles. The van der Waals surface area contributed by atoms with E-state index in [1.54, 1.807) is 0 Å². The Morgan fingerprint density at radius 3 is 2.62 bits per heavy atom. The van der Waals surface area contributed by atoms with E-state index in [1.807, 2.05) is 0 Å². The lowest BCUT2D eigenvalue weighted by Gasteiger charge is -2.29. The highest BCUT2D eigenvalue weighted by Gasteiger charge is 2.34. The van der Waals surface area contributed by atoms with E-state index in [9.17, 15) is 14.9 Å². The van der Waals surface area contributed by atoms with Crippen molar-refractivity contribution in [3.05, 3.63) is 33.9 Å². The van der Waals surface area contributed by atoms with Crippen molar-refractivity contribution in [1.29, 1.82) is 0 Å². The minimum Gasteiger partial charge on any atom is -0.373 e. The summed E-state index contributed by atoms with van der Waals surface area (Å²) < 4.78 is 0. The molecule has 7 nitrogen and oxygen atoms in total. The van der Waals surface area contributed by atoms with Gasteiger partial charge in [-0.25, -0.2) is 0 Å². The van der Waals surface area contributed by atoms with Crippen LogP contribution in [-0.4, -0.2) is 30.0 Å². The van der Waals surface area contributed by atoms with Crippen molar-refractivity contribution in [1.82, 2.24) is 5.32 Å². The monoisotopic (exact) mass is 292 g/mol. The minimum absolute atomic E-state index is 0.0395. The van der Waals surface area contributed by atoms with Crippen LogP contribution in [0.5, 0.6) is 0 Å². The molecule has 0 atom stereocenters. The van der Waals surface area contributed by atoms with Crippen molar-refractivity contribution < 1.29 is 9.72 Å². The fraction of sp³-hybridized carbons (Fsp3) is 0.500. The van der Waals surface area contributed by atoms with Gasteiger partial charge < -0.3 is 16.4 Å². The number of carbonyl (C=O) groups excluding carboxylic acids is 1. The van der Waals surface area contributed by atoms with E-state index in [0.29, 0.717) is 17.8 Å². The lowest BCUT2D eigenvalue weighted by atomic mass is 9.97. The van der Waals surface area contributed by atoms with Gasteiger partial charge in [0, 0.05) is 30.8 Å². The fourth-order valence-corrected chi connectivity index (χ4v) is 2.80. The largest absolute Gasteiger partial charge is 0.373 e. The lowest BCUT2D eigenvalue weighted by molar-refractivity contribution is -0.384. The van der Waals surface area contributed by atoms with Crippen LogP contribution in [0.2, 0.25) is 0 Å². The highest BCUT2D eigenvalue weighted by atomic mass is 16.6. The van der Waals surface area contributed by atoms with E-state index in [2.05, 4.69) is 10.6 Å². The number of nitro benzene ring substituents is 1. The second kappa shape index (κ2) is 6.09. The summed E-state index contributed by atoms with van der Waals surface area (Å²) in [6.45, 7) is 0.411. The van der Waals surface area contributed by atoms with Crippen LogP contribution in [0, 0.1) is 10.1 Å². The predicted molar refractivity (Wildman–Crippen MR) is 80.4 cm³/mol. The maximum Gasteiger partial charge on any atom is 0.292 e. The van der Waals surface area contributed by atoms with E-state index in [4.69, 9.17) is 5.73 Å². The summed E-state index contributed by atoms with van der Waals surface area (Å²) in [5.74, 6) is -0.277. The van der Waals surface area contributed by atoms with Crippen LogP contribution in [0.3, 0.4) is 0 Å². The lowest BCUT2D eigenvalue weighted by Crippen LogP contribution is -2.43. The number of nitrogens with two attached hydrogens (primary N) is 1. The molecule has 114 valence electrons. The molecule has 1 aromatic rings. The SMILES string of the molecule is CNC(=O)c1ccc([N+](=O)[O-])c(NC2(CN)CCCC2)c1. The number of benzene rings is 1. The summed E-state index contributed by atoms with van der Waals surface area (Å²) in [6.07, 6.45) is 3.86. The maximum absolute atomic E-state index is 11.7. The normalized spacial score (nSPS) is 16.5. The number of hydrogen-bond donors (Lipinski definition) is 3. The summed E-state index contributed by atoms with van der Waals surface area (Å²) in [5, 5.41) is 16.9. The van der Waals surface area contributed by atoms with Crippen molar-refractivity contribution in [3.63, 3.8) is 0 Å². The van der Waals surface area contributed by atoms with Gasteiger partial charge in [0.25, 0.3) is 11.6 Å². The van der Waals surface area contributed by atoms with Crippen molar-refractivity contribution >= 4 is 17.3 Å². The maximum atomic E-state index is 11.7. The number of nitrogens with one attached hydrogen (secondary N) is 2. The number of anilines is 1. The van der Waals surface area contributed by atoms with Gasteiger partial charge >= 0.3 is 0 Å². The van der Waals surface area contributed by atoms with Gasteiger partial charge in [0.15, 0.2) is 0 Å². The van der Waals surface area contributed by atoms with E-state index < -0.39 is 4.92 Å². The van der Waals surface area contributed by atoms with Crippen LogP contribution < -0.4 is 16.4 Å². The molecule has 0 spiro atoms. The average molecular weight is 292 g/mol. The standard InChI is InChI=1S/C14H20N4O3/c1-16-13(19)10-4-5-12(18(20)21)11(8-10)17-14(9-15)6-2-3-7-14/h4-5,8,17H,2-3,6-7,9,15H2,1H3,(H,16,19). The molecule has 2 rings (SSSR count). The van der Waals surface area contributed by atoms with Crippen LogP contribution in [0.1, 0.15) is 36.0 Å². The zero-order valence-electron chi connectivity index (χ0n) is 12.0. The fourth-order valence-electron chi connectivity index (χ4n) is 2.80. The molecule has 0 bridgehead atoms. The van der Waals surface area contributed by atoms with Crippen molar-refractivity contribution in [3.8, 4) is 0 Å². The molecule has 1 aliphatic carbocycles. The molecular weight excluding hydrogens is 272 g/mol. The Kier molecular flexibility index (Phi) is 4.42. The van der Waals surface area contributed by atoms with Gasteiger partial charge in [-0.15, -0.1) is 0 Å². The third kappa shape index (κ3) is 3.13. The molecule has 21 heavy (non-hydrogen) atoms. The molecule has 1 aliphatic rings. The van der Waals surface area contributed by atoms with Crippen LogP contribution >= 0.6 is 0 Å². The van der Waals surface area contributed by atoms with Gasteiger partial charge in [-0.1, -0.05) is 12.8 Å². The zero-order valence-corrected chi connectivity index (χ0v) is 12.0. The number of rotatable bonds is 5. The van der Waals surface area contributed by atoms with Gasteiger partial charge in [0.05, 0.1) is 4.92 Å². The predicted octanol–water partition coefficient (Wildman–Crippen LogP) is 1.64. The first-order valence-electron chi connectivity index (χ1n) is 7.00. The molecule has 4 N–H and O–H groups in total. The Labute approximate surface area is 123 Å². The number of hydrogen-bond acceptors (Lipinski definition) is 5. The van der Waals surface area contributed by atoms with Gasteiger partial charge in [0.1, 0.15) is 5.69 Å². The van der Waals surface area contributed by atoms with Gasteiger partial charge in [0.2, 0.25) is 0 Å². The second-order valence-corrected chi connectivity index (χ2v) is 5.38. The van der Waals surface area contributed by atoms with Crippen LogP contribution in [0.15, 0.2) is 18.2 Å². The summed E-state index contributed by atoms with van der Waals surface area (Å²) in [7, 11) is 1.52. The van der Waals surface area contributed by atoms with E-state index in [1.165, 1.54) is 25.2 Å². The first-order valence-corrected chi connectivity index (χ1v) is 7.00. The Morgan fingerprint density at radius 1 is 1.43 bits per heavy atom. The van der Waals surface area contributed by atoms with E-state index >= 15 is 0 Å². The molecule has 0 unspecified atom stereocenters. The Bertz CT molecular complexity index is 553. The van der Waals surface area contributed by atoms with Crippen molar-refractivity contribution in [2.24, 2.45) is 5.73 Å². The first-order chi connectivity index (χ1) is 10.0. The average Bonchev–Trinajstić information content (AvgIpc) is 2.95. The van der Waals surface area contributed by atoms with Crippen LogP contribution in [0.4, 0.5) is 11.4 Å². The summed E-state index contributed by atoms with van der Waals surface area (Å²) in [5.41, 5.74) is 6.24. The van der Waals surface area contributed by atoms with Crippen molar-refractivity contribution in [2.75, 3.05) is 18.9 Å². The molecule has 1 saturated carbocycles. The second-order valence-electron chi connectivity index (χ2n) is 5.38. The third-order valence-corrected chi connectivity index (χ3v) is 4.03. The highest BCUT2D eigenvalue weighted by Crippen LogP contribution is 2.35. The number of carbonyl (C=O) groups is 1. The Hall–Kier alpha value is -2.15. The topological polar surface area (TPSA) is 110 Å². The van der Waals surface area contributed by atoms with Gasteiger partial charge in [-0.2, -0.15) is 0 Å². The summed E-state index contributed by atoms with van der Waals surface area (Å²) >= 11 is 0. The molecule has 0 aliphatic heterocycles. The minimum atomic E-state index is -0.449. The Morgan fingerprint density at radius 2 is 2.10 bits per heavy atom. The van der Waals surface area contributed by atoms with E-state index in [-0.39, 0.29) is 17.1 Å². The quantitative estimate of drug-likeness (QED) is 0.564. The van der Waals surface area contributed by atoms with Crippen molar-refractivity contribution in [2.45, 2.75) is 31.2 Å².